The molecule has 0 spiro atoms. The molecule has 0 saturated carbocycles. The summed E-state index contributed by atoms with van der Waals surface area (Å²) in [5.74, 6) is 0.218. The van der Waals surface area contributed by atoms with E-state index in [9.17, 15) is 4.79 Å². The maximum absolute atomic E-state index is 11.4. The average molecular weight is 198 g/mol. The summed E-state index contributed by atoms with van der Waals surface area (Å²) in [5, 5.41) is 3.13. The minimum Gasteiger partial charge on any atom is -0.378 e. The van der Waals surface area contributed by atoms with Gasteiger partial charge in [-0.2, -0.15) is 0 Å². The van der Waals surface area contributed by atoms with Crippen LogP contribution in [0.4, 0.5) is 0 Å². The Bertz CT molecular complexity index is 214. The predicted octanol–water partition coefficient (Wildman–Crippen LogP) is 0.333. The summed E-state index contributed by atoms with van der Waals surface area (Å²) in [7, 11) is 0. The largest absolute Gasteiger partial charge is 0.378 e. The van der Waals surface area contributed by atoms with Gasteiger partial charge in [-0.3, -0.25) is 10.1 Å². The molecular formula is C10H18N2O2. The maximum Gasteiger partial charge on any atom is 0.237 e. The summed E-state index contributed by atoms with van der Waals surface area (Å²) in [6, 6.07) is 0. The Morgan fingerprint density at radius 1 is 1.64 bits per heavy atom. The lowest BCUT2D eigenvalue weighted by atomic mass is 10.2. The van der Waals surface area contributed by atoms with Crippen molar-refractivity contribution in [2.24, 2.45) is 0 Å². The van der Waals surface area contributed by atoms with Crippen LogP contribution in [-0.4, -0.2) is 42.8 Å². The van der Waals surface area contributed by atoms with Crippen LogP contribution in [0.5, 0.6) is 0 Å². The molecule has 2 saturated heterocycles. The van der Waals surface area contributed by atoms with Crippen molar-refractivity contribution in [3.05, 3.63) is 0 Å². The number of carbonyl (C=O) groups excluding carboxylic acids is 1. The second kappa shape index (κ2) is 4.28. The van der Waals surface area contributed by atoms with Gasteiger partial charge in [-0.15, -0.1) is 0 Å². The predicted molar refractivity (Wildman–Crippen MR) is 52.8 cm³/mol. The highest BCUT2D eigenvalue weighted by atomic mass is 16.5. The maximum atomic E-state index is 11.4. The van der Waals surface area contributed by atoms with Gasteiger partial charge in [0.15, 0.2) is 0 Å². The van der Waals surface area contributed by atoms with E-state index in [0.717, 1.165) is 26.0 Å². The minimum atomic E-state index is 0.198. The number of amides is 1. The van der Waals surface area contributed by atoms with Gasteiger partial charge in [-0.05, 0) is 26.2 Å². The fraction of sp³-hybridized carbons (Fsp3) is 0.900. The van der Waals surface area contributed by atoms with Gasteiger partial charge in [0, 0.05) is 13.2 Å². The molecule has 0 bridgehead atoms. The first-order chi connectivity index (χ1) is 6.77. The standard InChI is InChI=1S/C10H18N2O2/c1-8-11-7-10(13)12(8)5-4-9-3-2-6-14-9/h8-9,11H,2-7H2,1H3. The third kappa shape index (κ3) is 2.07. The first-order valence-electron chi connectivity index (χ1n) is 5.42. The van der Waals surface area contributed by atoms with E-state index in [4.69, 9.17) is 4.74 Å². The van der Waals surface area contributed by atoms with Crippen LogP contribution >= 0.6 is 0 Å². The smallest absolute Gasteiger partial charge is 0.237 e. The molecule has 2 unspecified atom stereocenters. The van der Waals surface area contributed by atoms with Crippen molar-refractivity contribution < 1.29 is 9.53 Å². The molecule has 2 heterocycles. The lowest BCUT2D eigenvalue weighted by Gasteiger charge is -2.22. The number of hydrogen-bond donors (Lipinski definition) is 1. The SMILES string of the molecule is CC1NCC(=O)N1CCC1CCCO1. The normalized spacial score (nSPS) is 32.9. The van der Waals surface area contributed by atoms with Crippen LogP contribution in [0.1, 0.15) is 26.2 Å². The molecule has 0 aliphatic carbocycles. The van der Waals surface area contributed by atoms with Crippen molar-refractivity contribution in [2.45, 2.75) is 38.5 Å². The molecule has 80 valence electrons. The van der Waals surface area contributed by atoms with Gasteiger partial charge in [0.1, 0.15) is 0 Å². The highest BCUT2D eigenvalue weighted by molar-refractivity contribution is 5.80. The van der Waals surface area contributed by atoms with Gasteiger partial charge in [-0.1, -0.05) is 0 Å². The molecular weight excluding hydrogens is 180 g/mol. The Morgan fingerprint density at radius 3 is 3.07 bits per heavy atom. The number of nitrogens with zero attached hydrogens (tertiary/aromatic N) is 1. The number of hydrogen-bond acceptors (Lipinski definition) is 3. The van der Waals surface area contributed by atoms with Crippen molar-refractivity contribution in [3.8, 4) is 0 Å². The molecule has 4 nitrogen and oxygen atoms in total. The minimum absolute atomic E-state index is 0.198. The molecule has 2 aliphatic rings. The lowest BCUT2D eigenvalue weighted by Crippen LogP contribution is -2.36. The first-order valence-corrected chi connectivity index (χ1v) is 5.42. The molecule has 0 radical (unpaired) electrons. The second-order valence-corrected chi connectivity index (χ2v) is 4.07. The summed E-state index contributed by atoms with van der Waals surface area (Å²) >= 11 is 0. The van der Waals surface area contributed by atoms with E-state index in [-0.39, 0.29) is 12.1 Å². The summed E-state index contributed by atoms with van der Waals surface area (Å²) < 4.78 is 5.52. The topological polar surface area (TPSA) is 41.6 Å². The molecule has 2 atom stereocenters. The zero-order valence-corrected chi connectivity index (χ0v) is 8.66. The van der Waals surface area contributed by atoms with Crippen molar-refractivity contribution in [2.75, 3.05) is 19.7 Å². The van der Waals surface area contributed by atoms with Crippen molar-refractivity contribution in [3.63, 3.8) is 0 Å². The Morgan fingerprint density at radius 2 is 2.50 bits per heavy atom. The molecule has 1 amide bonds. The van der Waals surface area contributed by atoms with E-state index < -0.39 is 0 Å². The van der Waals surface area contributed by atoms with Crippen molar-refractivity contribution in [1.82, 2.24) is 10.2 Å². The van der Waals surface area contributed by atoms with Gasteiger partial charge < -0.3 is 9.64 Å². The Balaban J connectivity index is 1.76. The summed E-state index contributed by atoms with van der Waals surface area (Å²) in [5.41, 5.74) is 0. The van der Waals surface area contributed by atoms with Crippen LogP contribution < -0.4 is 5.32 Å². The van der Waals surface area contributed by atoms with Crippen molar-refractivity contribution in [1.29, 1.82) is 0 Å². The van der Waals surface area contributed by atoms with Crippen LogP contribution in [-0.2, 0) is 9.53 Å². The molecule has 1 N–H and O–H groups in total. The monoisotopic (exact) mass is 198 g/mol. The highest BCUT2D eigenvalue weighted by Gasteiger charge is 2.27. The zero-order chi connectivity index (χ0) is 9.97. The molecule has 2 rings (SSSR count). The average Bonchev–Trinajstić information content (AvgIpc) is 2.76. The Hall–Kier alpha value is -0.610. The Labute approximate surface area is 84.6 Å². The molecule has 4 heteroatoms. The molecule has 0 aromatic carbocycles. The van der Waals surface area contributed by atoms with Gasteiger partial charge in [0.05, 0.1) is 18.8 Å². The van der Waals surface area contributed by atoms with Gasteiger partial charge in [-0.25, -0.2) is 0 Å². The van der Waals surface area contributed by atoms with Gasteiger partial charge in [0.25, 0.3) is 0 Å². The van der Waals surface area contributed by atoms with E-state index in [1.54, 1.807) is 0 Å². The lowest BCUT2D eigenvalue weighted by molar-refractivity contribution is -0.128. The molecule has 2 aliphatic heterocycles. The van der Waals surface area contributed by atoms with Crippen LogP contribution in [0.25, 0.3) is 0 Å². The van der Waals surface area contributed by atoms with Crippen LogP contribution in [0.2, 0.25) is 0 Å². The van der Waals surface area contributed by atoms with E-state index >= 15 is 0 Å². The number of carbonyl (C=O) groups is 1. The number of nitrogens with one attached hydrogen (secondary N) is 1. The highest BCUT2D eigenvalue weighted by Crippen LogP contribution is 2.16. The van der Waals surface area contributed by atoms with Crippen LogP contribution in [0, 0.1) is 0 Å². The summed E-state index contributed by atoms with van der Waals surface area (Å²) in [4.78, 5) is 13.3. The van der Waals surface area contributed by atoms with Crippen molar-refractivity contribution >= 4 is 5.91 Å². The van der Waals surface area contributed by atoms with E-state index in [2.05, 4.69) is 5.32 Å². The molecule has 0 aromatic rings. The quantitative estimate of drug-likeness (QED) is 0.710. The zero-order valence-electron chi connectivity index (χ0n) is 8.66. The van der Waals surface area contributed by atoms with Gasteiger partial charge in [0.2, 0.25) is 5.91 Å². The van der Waals surface area contributed by atoms with E-state index in [1.165, 1.54) is 6.42 Å². The second-order valence-electron chi connectivity index (χ2n) is 4.07. The fourth-order valence-corrected chi connectivity index (χ4v) is 2.14. The van der Waals surface area contributed by atoms with Crippen LogP contribution in [0.15, 0.2) is 0 Å². The summed E-state index contributed by atoms with van der Waals surface area (Å²) in [6.45, 7) is 4.25. The number of rotatable bonds is 3. The van der Waals surface area contributed by atoms with Crippen LogP contribution in [0.3, 0.4) is 0 Å². The molecule has 0 aromatic heterocycles. The fourth-order valence-electron chi connectivity index (χ4n) is 2.14. The molecule has 2 fully saturated rings. The summed E-state index contributed by atoms with van der Waals surface area (Å²) in [6.07, 6.45) is 3.90. The Kier molecular flexibility index (Phi) is 3.03. The van der Waals surface area contributed by atoms with Gasteiger partial charge >= 0.3 is 0 Å². The van der Waals surface area contributed by atoms with E-state index in [0.29, 0.717) is 12.6 Å². The third-order valence-corrected chi connectivity index (χ3v) is 3.05. The molecule has 14 heavy (non-hydrogen) atoms. The van der Waals surface area contributed by atoms with E-state index in [1.807, 2.05) is 11.8 Å². The number of ether oxygens (including phenoxy) is 1. The first kappa shape index (κ1) is 9.93. The third-order valence-electron chi connectivity index (χ3n) is 3.05.